The van der Waals surface area contributed by atoms with Gasteiger partial charge in [-0.25, -0.2) is 4.98 Å². The molecule has 2 heterocycles. The lowest BCUT2D eigenvalue weighted by atomic mass is 10.1. The molecule has 0 aliphatic heterocycles. The second kappa shape index (κ2) is 5.96. The van der Waals surface area contributed by atoms with Gasteiger partial charge in [-0.2, -0.15) is 0 Å². The van der Waals surface area contributed by atoms with Crippen LogP contribution in [0.2, 0.25) is 0 Å². The molecule has 4 nitrogen and oxygen atoms in total. The number of halogens is 1. The molecule has 0 amide bonds. The Balaban J connectivity index is 0.00000147. The molecular weight excluding hydrogens is 320 g/mol. The summed E-state index contributed by atoms with van der Waals surface area (Å²) in [5, 5.41) is 0. The van der Waals surface area contributed by atoms with E-state index < -0.39 is 0 Å². The molecule has 0 spiro atoms. The van der Waals surface area contributed by atoms with Crippen molar-refractivity contribution in [2.45, 2.75) is 0 Å². The average molecular weight is 335 g/mol. The first-order valence-corrected chi connectivity index (χ1v) is 5.98. The molecule has 1 aromatic carbocycles. The number of hydrogen-bond acceptors (Lipinski definition) is 3. The monoisotopic (exact) mass is 334 g/mol. The Labute approximate surface area is 127 Å². The molecule has 0 saturated carbocycles. The fourth-order valence-corrected chi connectivity index (χ4v) is 2.08. The van der Waals surface area contributed by atoms with E-state index in [0.717, 1.165) is 28.4 Å². The van der Waals surface area contributed by atoms with Gasteiger partial charge in [0.15, 0.2) is 0 Å². The van der Waals surface area contributed by atoms with Crippen LogP contribution in [0.1, 0.15) is 0 Å². The number of nitrogens with zero attached hydrogens (tertiary/aromatic N) is 2. The molecule has 0 N–H and O–H groups in total. The molecule has 5 heteroatoms. The van der Waals surface area contributed by atoms with Crippen molar-refractivity contribution in [1.82, 2.24) is 9.38 Å². The number of rotatable bonds is 3. The molecule has 0 fully saturated rings. The molecule has 2 aromatic heterocycles. The van der Waals surface area contributed by atoms with Crippen molar-refractivity contribution >= 4 is 22.6 Å². The smallest absolute Gasteiger partial charge is 0.137 e. The van der Waals surface area contributed by atoms with Gasteiger partial charge in [0, 0.05) is 18.0 Å². The number of fused-ring (bicyclic) bond motifs is 1. The number of methoxy groups -OCH3 is 2. The predicted octanol–water partition coefficient (Wildman–Crippen LogP) is 3.60. The maximum Gasteiger partial charge on any atom is 0.137 e. The van der Waals surface area contributed by atoms with Gasteiger partial charge >= 0.3 is 0 Å². The molecule has 3 aromatic rings. The molecule has 3 rings (SSSR count). The second-order valence-corrected chi connectivity index (χ2v) is 4.16. The Hall–Kier alpha value is -2.01. The van der Waals surface area contributed by atoms with Crippen molar-refractivity contribution in [3.8, 4) is 22.8 Å². The number of imidazole rings is 1. The van der Waals surface area contributed by atoms with Crippen molar-refractivity contribution in [3.05, 3.63) is 48.8 Å². The average Bonchev–Trinajstić information content (AvgIpc) is 2.90. The fraction of sp³-hybridized carbons (Fsp3) is 0.133. The summed E-state index contributed by atoms with van der Waals surface area (Å²) < 4.78 is 12.6. The van der Waals surface area contributed by atoms with Crippen LogP contribution in [0, 0.1) is 0 Å². The Morgan fingerprint density at radius 1 is 1.05 bits per heavy atom. The van der Waals surface area contributed by atoms with Crippen LogP contribution in [-0.2, 0) is 0 Å². The molecule has 104 valence electrons. The molecule has 0 saturated heterocycles. The Morgan fingerprint density at radius 2 is 1.90 bits per heavy atom. The Morgan fingerprint density at radius 3 is 2.60 bits per heavy atom. The van der Waals surface area contributed by atoms with Crippen LogP contribution >= 0.6 is 17.0 Å². The van der Waals surface area contributed by atoms with E-state index in [1.165, 1.54) is 0 Å². The first-order valence-electron chi connectivity index (χ1n) is 5.98. The summed E-state index contributed by atoms with van der Waals surface area (Å²) in [6, 6.07) is 11.6. The number of hydrogen-bond donors (Lipinski definition) is 0. The second-order valence-electron chi connectivity index (χ2n) is 4.16. The van der Waals surface area contributed by atoms with E-state index in [9.17, 15) is 0 Å². The molecule has 0 atom stereocenters. The third-order valence-electron chi connectivity index (χ3n) is 3.05. The van der Waals surface area contributed by atoms with E-state index in [-0.39, 0.29) is 17.0 Å². The van der Waals surface area contributed by atoms with E-state index in [2.05, 4.69) is 4.98 Å². The highest BCUT2D eigenvalue weighted by Crippen LogP contribution is 2.32. The summed E-state index contributed by atoms with van der Waals surface area (Å²) in [6.45, 7) is 0. The van der Waals surface area contributed by atoms with Crippen LogP contribution in [0.3, 0.4) is 0 Å². The molecule has 0 unspecified atom stereocenters. The van der Waals surface area contributed by atoms with Gasteiger partial charge in [0.05, 0.1) is 19.9 Å². The molecule has 0 radical (unpaired) electrons. The minimum atomic E-state index is 0. The van der Waals surface area contributed by atoms with Gasteiger partial charge in [0.25, 0.3) is 0 Å². The van der Waals surface area contributed by atoms with Crippen LogP contribution < -0.4 is 9.47 Å². The molecule has 0 bridgehead atoms. The predicted molar refractivity (Wildman–Crippen MR) is 84.1 cm³/mol. The van der Waals surface area contributed by atoms with Crippen molar-refractivity contribution in [2.75, 3.05) is 14.2 Å². The summed E-state index contributed by atoms with van der Waals surface area (Å²) in [7, 11) is 3.30. The number of pyridine rings is 1. The quantitative estimate of drug-likeness (QED) is 0.734. The largest absolute Gasteiger partial charge is 0.497 e. The zero-order valence-corrected chi connectivity index (χ0v) is 13.0. The number of aromatic nitrogens is 2. The molecular formula is C15H15BrN2O2. The van der Waals surface area contributed by atoms with Gasteiger partial charge in [-0.3, -0.25) is 0 Å². The van der Waals surface area contributed by atoms with Crippen LogP contribution in [-0.4, -0.2) is 23.6 Å². The Kier molecular flexibility index (Phi) is 4.29. The normalized spacial score (nSPS) is 10.1. The van der Waals surface area contributed by atoms with E-state index in [4.69, 9.17) is 9.47 Å². The summed E-state index contributed by atoms with van der Waals surface area (Å²) in [6.07, 6.45) is 3.95. The maximum atomic E-state index is 5.39. The third-order valence-corrected chi connectivity index (χ3v) is 3.05. The van der Waals surface area contributed by atoms with Crippen molar-refractivity contribution in [2.24, 2.45) is 0 Å². The zero-order valence-electron chi connectivity index (χ0n) is 11.2. The maximum absolute atomic E-state index is 5.39. The van der Waals surface area contributed by atoms with Gasteiger partial charge in [-0.1, -0.05) is 6.07 Å². The summed E-state index contributed by atoms with van der Waals surface area (Å²) in [4.78, 5) is 4.59. The number of benzene rings is 1. The van der Waals surface area contributed by atoms with Crippen molar-refractivity contribution < 1.29 is 9.47 Å². The first-order chi connectivity index (χ1) is 9.31. The Bertz CT molecular complexity index is 692. The number of ether oxygens (including phenoxy) is 2. The van der Waals surface area contributed by atoms with E-state index in [0.29, 0.717) is 0 Å². The van der Waals surface area contributed by atoms with Crippen molar-refractivity contribution in [1.29, 1.82) is 0 Å². The topological polar surface area (TPSA) is 35.8 Å². The van der Waals surface area contributed by atoms with Gasteiger partial charge in [0.2, 0.25) is 0 Å². The molecule has 20 heavy (non-hydrogen) atoms. The standard InChI is InChI=1S/C15H14N2O2.BrH/c1-18-11-6-7-14(19-2)12(9-11)13-10-17-8-4-3-5-15(17)16-13;/h3-10H,1-2H3;1H. The third kappa shape index (κ3) is 2.49. The highest BCUT2D eigenvalue weighted by atomic mass is 79.9. The van der Waals surface area contributed by atoms with Crippen LogP contribution in [0.4, 0.5) is 0 Å². The fourth-order valence-electron chi connectivity index (χ4n) is 2.08. The lowest BCUT2D eigenvalue weighted by Gasteiger charge is -2.08. The lowest BCUT2D eigenvalue weighted by Crippen LogP contribution is -1.90. The summed E-state index contributed by atoms with van der Waals surface area (Å²) in [5.74, 6) is 1.57. The van der Waals surface area contributed by atoms with Crippen LogP contribution in [0.25, 0.3) is 16.9 Å². The highest BCUT2D eigenvalue weighted by Gasteiger charge is 2.11. The minimum Gasteiger partial charge on any atom is -0.497 e. The molecule has 0 aliphatic rings. The van der Waals surface area contributed by atoms with Gasteiger partial charge < -0.3 is 13.9 Å². The van der Waals surface area contributed by atoms with E-state index in [1.54, 1.807) is 14.2 Å². The van der Waals surface area contributed by atoms with Crippen LogP contribution in [0.15, 0.2) is 48.8 Å². The van der Waals surface area contributed by atoms with E-state index >= 15 is 0 Å². The minimum absolute atomic E-state index is 0. The van der Waals surface area contributed by atoms with Crippen molar-refractivity contribution in [3.63, 3.8) is 0 Å². The molecule has 0 aliphatic carbocycles. The van der Waals surface area contributed by atoms with Gasteiger partial charge in [-0.05, 0) is 30.3 Å². The zero-order chi connectivity index (χ0) is 13.2. The summed E-state index contributed by atoms with van der Waals surface area (Å²) in [5.41, 5.74) is 2.69. The SMILES string of the molecule is Br.COc1ccc(OC)c(-c2cn3ccccc3n2)c1. The first kappa shape index (κ1) is 14.4. The summed E-state index contributed by atoms with van der Waals surface area (Å²) >= 11 is 0. The highest BCUT2D eigenvalue weighted by molar-refractivity contribution is 8.93. The van der Waals surface area contributed by atoms with Crippen LogP contribution in [0.5, 0.6) is 11.5 Å². The van der Waals surface area contributed by atoms with E-state index in [1.807, 2.05) is 53.2 Å². The van der Waals surface area contributed by atoms with Gasteiger partial charge in [0.1, 0.15) is 17.1 Å². The lowest BCUT2D eigenvalue weighted by molar-refractivity contribution is 0.404. The van der Waals surface area contributed by atoms with Gasteiger partial charge in [-0.15, -0.1) is 17.0 Å².